The molecule has 0 saturated carbocycles. The number of carbonyl (C=O) groups excluding carboxylic acids is 1. The van der Waals surface area contributed by atoms with E-state index >= 15 is 0 Å². The fraction of sp³-hybridized carbons (Fsp3) is 0.346. The van der Waals surface area contributed by atoms with E-state index in [2.05, 4.69) is 57.3 Å². The largest absolute Gasteiger partial charge is 0.480 e. The van der Waals surface area contributed by atoms with Gasteiger partial charge in [0.25, 0.3) is 5.91 Å². The SMILES string of the molecule is COCc1nc(OC)c2c(C)c(C(=O)N3CCN(Cc4cccc5ccccc45)CC3)sc2n1. The summed E-state index contributed by atoms with van der Waals surface area (Å²) >= 11 is 1.41. The van der Waals surface area contributed by atoms with Gasteiger partial charge in [0.15, 0.2) is 5.82 Å². The maximum atomic E-state index is 13.4. The molecule has 0 spiro atoms. The van der Waals surface area contributed by atoms with E-state index in [1.165, 1.54) is 27.7 Å². The van der Waals surface area contributed by atoms with Gasteiger partial charge in [-0.25, -0.2) is 4.98 Å². The van der Waals surface area contributed by atoms with Gasteiger partial charge in [-0.2, -0.15) is 4.98 Å². The van der Waals surface area contributed by atoms with Crippen molar-refractivity contribution < 1.29 is 14.3 Å². The molecule has 8 heteroatoms. The molecule has 34 heavy (non-hydrogen) atoms. The summed E-state index contributed by atoms with van der Waals surface area (Å²) in [6, 6.07) is 15.0. The normalized spacial score (nSPS) is 14.7. The van der Waals surface area contributed by atoms with Crippen LogP contribution in [0.1, 0.15) is 26.6 Å². The van der Waals surface area contributed by atoms with Crippen LogP contribution in [0.15, 0.2) is 42.5 Å². The summed E-state index contributed by atoms with van der Waals surface area (Å²) in [5.41, 5.74) is 2.21. The molecule has 0 unspecified atom stereocenters. The van der Waals surface area contributed by atoms with Crippen LogP contribution in [0.5, 0.6) is 5.88 Å². The molecular weight excluding hydrogens is 448 g/mol. The fourth-order valence-electron chi connectivity index (χ4n) is 4.61. The van der Waals surface area contributed by atoms with Crippen LogP contribution in [0.4, 0.5) is 0 Å². The van der Waals surface area contributed by atoms with Crippen molar-refractivity contribution in [2.24, 2.45) is 0 Å². The van der Waals surface area contributed by atoms with Crippen LogP contribution in [0.3, 0.4) is 0 Å². The predicted molar refractivity (Wildman–Crippen MR) is 135 cm³/mol. The van der Waals surface area contributed by atoms with Crippen molar-refractivity contribution in [1.82, 2.24) is 19.8 Å². The van der Waals surface area contributed by atoms with Gasteiger partial charge in [-0.15, -0.1) is 11.3 Å². The van der Waals surface area contributed by atoms with Crippen molar-refractivity contribution in [3.05, 3.63) is 64.3 Å². The summed E-state index contributed by atoms with van der Waals surface area (Å²) < 4.78 is 10.7. The third kappa shape index (κ3) is 4.24. The maximum absolute atomic E-state index is 13.4. The molecule has 3 heterocycles. The number of benzene rings is 2. The second kappa shape index (κ2) is 9.66. The first-order valence-electron chi connectivity index (χ1n) is 11.4. The lowest BCUT2D eigenvalue weighted by atomic mass is 10.0. The highest BCUT2D eigenvalue weighted by Crippen LogP contribution is 2.36. The lowest BCUT2D eigenvalue weighted by Crippen LogP contribution is -2.48. The van der Waals surface area contributed by atoms with Crippen LogP contribution in [0.2, 0.25) is 0 Å². The first kappa shape index (κ1) is 22.7. The van der Waals surface area contributed by atoms with E-state index in [0.717, 1.165) is 35.4 Å². The molecule has 0 bridgehead atoms. The van der Waals surface area contributed by atoms with Crippen LogP contribution in [0.25, 0.3) is 21.0 Å². The quantitative estimate of drug-likeness (QED) is 0.414. The van der Waals surface area contributed by atoms with Gasteiger partial charge in [-0.05, 0) is 28.8 Å². The van der Waals surface area contributed by atoms with Gasteiger partial charge in [0.05, 0.1) is 17.4 Å². The van der Waals surface area contributed by atoms with E-state index in [1.807, 2.05) is 11.8 Å². The van der Waals surface area contributed by atoms with Gasteiger partial charge < -0.3 is 14.4 Å². The minimum atomic E-state index is 0.0562. The highest BCUT2D eigenvalue weighted by molar-refractivity contribution is 7.20. The summed E-state index contributed by atoms with van der Waals surface area (Å²) in [7, 11) is 3.20. The van der Waals surface area contributed by atoms with E-state index in [1.54, 1.807) is 14.2 Å². The Morgan fingerprint density at radius 1 is 1.03 bits per heavy atom. The minimum Gasteiger partial charge on any atom is -0.480 e. The van der Waals surface area contributed by atoms with Crippen LogP contribution < -0.4 is 4.74 Å². The van der Waals surface area contributed by atoms with Gasteiger partial charge in [-0.3, -0.25) is 9.69 Å². The minimum absolute atomic E-state index is 0.0562. The Bertz CT molecular complexity index is 1340. The van der Waals surface area contributed by atoms with Crippen molar-refractivity contribution >= 4 is 38.2 Å². The average Bonchev–Trinajstić information content (AvgIpc) is 3.20. The van der Waals surface area contributed by atoms with Crippen molar-refractivity contribution in [1.29, 1.82) is 0 Å². The summed E-state index contributed by atoms with van der Waals surface area (Å²) in [4.78, 5) is 28.3. The van der Waals surface area contributed by atoms with E-state index in [9.17, 15) is 4.79 Å². The number of hydrogen-bond donors (Lipinski definition) is 0. The van der Waals surface area contributed by atoms with Gasteiger partial charge in [-0.1, -0.05) is 42.5 Å². The first-order chi connectivity index (χ1) is 16.6. The van der Waals surface area contributed by atoms with E-state index in [-0.39, 0.29) is 5.91 Å². The number of methoxy groups -OCH3 is 2. The summed E-state index contributed by atoms with van der Waals surface area (Å²) in [6.07, 6.45) is 0. The molecule has 1 amide bonds. The Morgan fingerprint density at radius 2 is 1.79 bits per heavy atom. The van der Waals surface area contributed by atoms with Crippen molar-refractivity contribution in [3.8, 4) is 5.88 Å². The molecule has 5 rings (SSSR count). The fourth-order valence-corrected chi connectivity index (χ4v) is 5.77. The summed E-state index contributed by atoms with van der Waals surface area (Å²) in [6.45, 7) is 6.24. The third-order valence-corrected chi connectivity index (χ3v) is 7.57. The second-order valence-electron chi connectivity index (χ2n) is 8.53. The summed E-state index contributed by atoms with van der Waals surface area (Å²) in [5, 5.41) is 3.37. The molecule has 0 radical (unpaired) electrons. The Balaban J connectivity index is 1.31. The molecule has 1 saturated heterocycles. The molecule has 176 valence electrons. The molecule has 2 aromatic carbocycles. The number of rotatable bonds is 6. The number of piperazine rings is 1. The molecule has 1 aliphatic heterocycles. The molecule has 4 aromatic rings. The summed E-state index contributed by atoms with van der Waals surface area (Å²) in [5.74, 6) is 1.10. The van der Waals surface area contributed by atoms with E-state index in [4.69, 9.17) is 9.47 Å². The smallest absolute Gasteiger partial charge is 0.264 e. The van der Waals surface area contributed by atoms with Gasteiger partial charge in [0, 0.05) is 39.8 Å². The molecule has 0 N–H and O–H groups in total. The number of aryl methyl sites for hydroxylation is 1. The molecule has 0 aliphatic carbocycles. The Labute approximate surface area is 202 Å². The lowest BCUT2D eigenvalue weighted by molar-refractivity contribution is 0.0633. The molecular formula is C26H28N4O3S. The van der Waals surface area contributed by atoms with Crippen molar-refractivity contribution in [3.63, 3.8) is 0 Å². The maximum Gasteiger partial charge on any atom is 0.264 e. The van der Waals surface area contributed by atoms with Crippen LogP contribution in [-0.4, -0.2) is 66.1 Å². The second-order valence-corrected chi connectivity index (χ2v) is 9.52. The van der Waals surface area contributed by atoms with E-state index in [0.29, 0.717) is 36.3 Å². The zero-order valence-corrected chi connectivity index (χ0v) is 20.5. The number of carbonyl (C=O) groups is 1. The number of fused-ring (bicyclic) bond motifs is 2. The van der Waals surface area contributed by atoms with Gasteiger partial charge in [0.1, 0.15) is 11.4 Å². The van der Waals surface area contributed by atoms with Crippen molar-refractivity contribution in [2.45, 2.75) is 20.1 Å². The number of hydrogen-bond acceptors (Lipinski definition) is 7. The molecule has 1 fully saturated rings. The Morgan fingerprint density at radius 3 is 2.56 bits per heavy atom. The Hall–Kier alpha value is -3.07. The van der Waals surface area contributed by atoms with Crippen LogP contribution >= 0.6 is 11.3 Å². The standard InChI is InChI=1S/C26H28N4O3S/c1-17-22-24(33-3)27-21(16-32-2)28-25(22)34-23(17)26(31)30-13-11-29(12-14-30)15-19-9-6-8-18-7-4-5-10-20(18)19/h4-10H,11-16H2,1-3H3. The molecule has 0 atom stereocenters. The number of nitrogens with zero attached hydrogens (tertiary/aromatic N) is 4. The van der Waals surface area contributed by atoms with Crippen LogP contribution in [0, 0.1) is 6.92 Å². The zero-order chi connectivity index (χ0) is 23.7. The molecule has 7 nitrogen and oxygen atoms in total. The number of ether oxygens (including phenoxy) is 2. The highest BCUT2D eigenvalue weighted by atomic mass is 32.1. The zero-order valence-electron chi connectivity index (χ0n) is 19.7. The van der Waals surface area contributed by atoms with Crippen LogP contribution in [-0.2, 0) is 17.9 Å². The first-order valence-corrected chi connectivity index (χ1v) is 12.2. The Kier molecular flexibility index (Phi) is 6.45. The molecule has 1 aliphatic rings. The lowest BCUT2D eigenvalue weighted by Gasteiger charge is -2.34. The number of amides is 1. The average molecular weight is 477 g/mol. The van der Waals surface area contributed by atoms with Crippen molar-refractivity contribution in [2.75, 3.05) is 40.4 Å². The topological polar surface area (TPSA) is 67.8 Å². The third-order valence-electron chi connectivity index (χ3n) is 6.40. The van der Waals surface area contributed by atoms with Gasteiger partial charge in [0.2, 0.25) is 5.88 Å². The van der Waals surface area contributed by atoms with E-state index < -0.39 is 0 Å². The monoisotopic (exact) mass is 476 g/mol. The predicted octanol–water partition coefficient (Wildman–Crippen LogP) is 4.27. The molecule has 2 aromatic heterocycles. The highest BCUT2D eigenvalue weighted by Gasteiger charge is 2.27. The number of thiophene rings is 1. The van der Waals surface area contributed by atoms with Gasteiger partial charge >= 0.3 is 0 Å². The number of aromatic nitrogens is 2.